The molecule has 0 atom stereocenters. The third kappa shape index (κ3) is 2.88. The van der Waals surface area contributed by atoms with E-state index in [0.29, 0.717) is 12.2 Å². The van der Waals surface area contributed by atoms with E-state index in [4.69, 9.17) is 0 Å². The first-order chi connectivity index (χ1) is 12.5. The zero-order valence-electron chi connectivity index (χ0n) is 15.2. The van der Waals surface area contributed by atoms with Gasteiger partial charge in [-0.15, -0.1) is 0 Å². The van der Waals surface area contributed by atoms with Gasteiger partial charge >= 0.3 is 5.91 Å². The van der Waals surface area contributed by atoms with Crippen molar-refractivity contribution in [2.75, 3.05) is 42.6 Å². The van der Waals surface area contributed by atoms with Crippen molar-refractivity contribution in [1.82, 2.24) is 4.90 Å². The number of rotatable bonds is 3. The minimum atomic E-state index is -0.410. The molecule has 4 rings (SSSR count). The van der Waals surface area contributed by atoms with Crippen LogP contribution >= 0.6 is 0 Å². The summed E-state index contributed by atoms with van der Waals surface area (Å²) < 4.78 is 0. The average Bonchev–Trinajstić information content (AvgIpc) is 2.87. The molecule has 1 fully saturated rings. The van der Waals surface area contributed by atoms with Gasteiger partial charge in [-0.2, -0.15) is 0 Å². The van der Waals surface area contributed by atoms with E-state index in [1.165, 1.54) is 11.3 Å². The molecule has 26 heavy (non-hydrogen) atoms. The maximum Gasteiger partial charge on any atom is 0.300 e. The zero-order valence-corrected chi connectivity index (χ0v) is 15.2. The van der Waals surface area contributed by atoms with Crippen LogP contribution in [-0.4, -0.2) is 49.4 Å². The molecule has 2 aliphatic heterocycles. The molecule has 0 aromatic heterocycles. The third-order valence-corrected chi connectivity index (χ3v) is 5.30. The number of para-hydroxylation sites is 1. The van der Waals surface area contributed by atoms with Crippen molar-refractivity contribution in [2.45, 2.75) is 13.8 Å². The number of ketones is 1. The number of hydrogen-bond donors (Lipinski definition) is 0. The topological polar surface area (TPSA) is 43.9 Å². The number of Topliss-reactive ketones (excluding diaryl/α,β-unsaturated/α-hetero) is 1. The summed E-state index contributed by atoms with van der Waals surface area (Å²) in [7, 11) is 0. The van der Waals surface area contributed by atoms with E-state index in [1.54, 1.807) is 4.90 Å². The Bertz CT molecular complexity index is 869. The average molecular weight is 349 g/mol. The van der Waals surface area contributed by atoms with Crippen molar-refractivity contribution in [1.29, 1.82) is 0 Å². The van der Waals surface area contributed by atoms with Crippen LogP contribution in [0.15, 0.2) is 42.5 Å². The van der Waals surface area contributed by atoms with E-state index in [0.717, 1.165) is 37.4 Å². The number of piperazine rings is 1. The summed E-state index contributed by atoms with van der Waals surface area (Å²) in [4.78, 5) is 30.9. The molecule has 2 aliphatic rings. The number of amides is 1. The zero-order chi connectivity index (χ0) is 18.3. The smallest absolute Gasteiger partial charge is 0.300 e. The van der Waals surface area contributed by atoms with Gasteiger partial charge in [0, 0.05) is 31.9 Å². The van der Waals surface area contributed by atoms with Gasteiger partial charge in [-0.3, -0.25) is 19.4 Å². The van der Waals surface area contributed by atoms with Gasteiger partial charge in [0.25, 0.3) is 5.78 Å². The first kappa shape index (κ1) is 16.8. The lowest BCUT2D eigenvalue weighted by atomic mass is 10.1. The van der Waals surface area contributed by atoms with Crippen LogP contribution in [0.25, 0.3) is 0 Å². The number of benzene rings is 2. The van der Waals surface area contributed by atoms with E-state index in [2.05, 4.69) is 41.0 Å². The molecule has 0 bridgehead atoms. The Kier molecular flexibility index (Phi) is 4.24. The Balaban J connectivity index is 1.45. The highest BCUT2D eigenvalue weighted by atomic mass is 16.2. The molecule has 0 radical (unpaired) electrons. The molecule has 5 heteroatoms. The van der Waals surface area contributed by atoms with Crippen molar-refractivity contribution in [3.8, 4) is 0 Å². The highest BCUT2D eigenvalue weighted by molar-refractivity contribution is 6.52. The van der Waals surface area contributed by atoms with Gasteiger partial charge in [0.05, 0.1) is 17.9 Å². The number of nitrogens with zero attached hydrogens (tertiary/aromatic N) is 3. The predicted molar refractivity (Wildman–Crippen MR) is 103 cm³/mol. The standard InChI is InChI=1S/C21H23N3O2/c1-15-7-8-19-17(13-15)20(25)21(26)24(19)14-22-9-11-23(12-10-22)18-6-4-3-5-16(18)2/h3-8,13H,9-12,14H2,1-2H3. The molecule has 2 aromatic carbocycles. The van der Waals surface area contributed by atoms with Gasteiger partial charge in [0.15, 0.2) is 0 Å². The number of carbonyl (C=O) groups is 2. The van der Waals surface area contributed by atoms with Crippen LogP contribution in [-0.2, 0) is 4.79 Å². The van der Waals surface area contributed by atoms with Crippen LogP contribution < -0.4 is 9.80 Å². The molecule has 0 N–H and O–H groups in total. The largest absolute Gasteiger partial charge is 0.369 e. The maximum atomic E-state index is 12.4. The van der Waals surface area contributed by atoms with Crippen molar-refractivity contribution >= 4 is 23.1 Å². The van der Waals surface area contributed by atoms with Crippen molar-refractivity contribution in [2.24, 2.45) is 0 Å². The van der Waals surface area contributed by atoms with E-state index in [9.17, 15) is 9.59 Å². The van der Waals surface area contributed by atoms with Crippen LogP contribution in [0.3, 0.4) is 0 Å². The van der Waals surface area contributed by atoms with Crippen LogP contribution in [0, 0.1) is 13.8 Å². The minimum absolute atomic E-state index is 0.387. The molecule has 134 valence electrons. The normalized spacial score (nSPS) is 17.8. The van der Waals surface area contributed by atoms with Gasteiger partial charge in [-0.1, -0.05) is 29.8 Å². The summed E-state index contributed by atoms with van der Waals surface area (Å²) in [6.45, 7) is 8.12. The van der Waals surface area contributed by atoms with E-state index in [-0.39, 0.29) is 5.78 Å². The number of fused-ring (bicyclic) bond motifs is 1. The first-order valence-corrected chi connectivity index (χ1v) is 9.04. The van der Waals surface area contributed by atoms with E-state index < -0.39 is 5.91 Å². The fraction of sp³-hybridized carbons (Fsp3) is 0.333. The molecular formula is C21H23N3O2. The minimum Gasteiger partial charge on any atom is -0.369 e. The summed E-state index contributed by atoms with van der Waals surface area (Å²) >= 11 is 0. The maximum absolute atomic E-state index is 12.4. The quantitative estimate of drug-likeness (QED) is 0.799. The van der Waals surface area contributed by atoms with Crippen LogP contribution in [0.4, 0.5) is 11.4 Å². The fourth-order valence-corrected chi connectivity index (χ4v) is 3.80. The summed E-state index contributed by atoms with van der Waals surface area (Å²) in [6.07, 6.45) is 0. The second-order valence-corrected chi connectivity index (χ2v) is 7.12. The number of aryl methyl sites for hydroxylation is 2. The van der Waals surface area contributed by atoms with Crippen molar-refractivity contribution < 1.29 is 9.59 Å². The third-order valence-electron chi connectivity index (χ3n) is 5.30. The van der Waals surface area contributed by atoms with Gasteiger partial charge < -0.3 is 4.90 Å². The second-order valence-electron chi connectivity index (χ2n) is 7.12. The highest BCUT2D eigenvalue weighted by Gasteiger charge is 2.36. The summed E-state index contributed by atoms with van der Waals surface area (Å²) in [5.41, 5.74) is 4.84. The Labute approximate surface area is 153 Å². The van der Waals surface area contributed by atoms with Gasteiger partial charge in [0.2, 0.25) is 0 Å². The molecule has 2 aromatic rings. The SMILES string of the molecule is Cc1ccc2c(c1)C(=O)C(=O)N2CN1CCN(c2ccccc2C)CC1. The first-order valence-electron chi connectivity index (χ1n) is 9.04. The summed E-state index contributed by atoms with van der Waals surface area (Å²) in [6, 6.07) is 14.1. The highest BCUT2D eigenvalue weighted by Crippen LogP contribution is 2.30. The van der Waals surface area contributed by atoms with E-state index in [1.807, 2.05) is 25.1 Å². The number of carbonyl (C=O) groups excluding carboxylic acids is 2. The molecule has 0 aliphatic carbocycles. The monoisotopic (exact) mass is 349 g/mol. The Morgan fingerprint density at radius 2 is 1.62 bits per heavy atom. The van der Waals surface area contributed by atoms with Crippen LogP contribution in [0.1, 0.15) is 21.5 Å². The number of hydrogen-bond acceptors (Lipinski definition) is 4. The molecule has 2 heterocycles. The Hall–Kier alpha value is -2.66. The summed E-state index contributed by atoms with van der Waals surface area (Å²) in [5, 5.41) is 0. The van der Waals surface area contributed by atoms with Crippen molar-refractivity contribution in [3.63, 3.8) is 0 Å². The molecule has 0 unspecified atom stereocenters. The summed E-state index contributed by atoms with van der Waals surface area (Å²) in [5.74, 6) is -0.797. The number of anilines is 2. The predicted octanol–water partition coefficient (Wildman–Crippen LogP) is 2.61. The Morgan fingerprint density at radius 1 is 0.885 bits per heavy atom. The molecular weight excluding hydrogens is 326 g/mol. The second kappa shape index (κ2) is 6.57. The lowest BCUT2D eigenvalue weighted by Crippen LogP contribution is -2.51. The van der Waals surface area contributed by atoms with Crippen LogP contribution in [0.2, 0.25) is 0 Å². The van der Waals surface area contributed by atoms with Crippen molar-refractivity contribution in [3.05, 3.63) is 59.2 Å². The molecule has 0 spiro atoms. The molecule has 0 saturated carbocycles. The van der Waals surface area contributed by atoms with Gasteiger partial charge in [0.1, 0.15) is 0 Å². The lowest BCUT2D eigenvalue weighted by Gasteiger charge is -2.38. The lowest BCUT2D eigenvalue weighted by molar-refractivity contribution is -0.114. The van der Waals surface area contributed by atoms with Crippen LogP contribution in [0.5, 0.6) is 0 Å². The molecule has 5 nitrogen and oxygen atoms in total. The van der Waals surface area contributed by atoms with E-state index >= 15 is 0 Å². The molecule has 1 amide bonds. The fourth-order valence-electron chi connectivity index (χ4n) is 3.80. The van der Waals surface area contributed by atoms with Gasteiger partial charge in [-0.25, -0.2) is 0 Å². The van der Waals surface area contributed by atoms with Gasteiger partial charge in [-0.05, 0) is 37.6 Å². The molecule has 1 saturated heterocycles. The Morgan fingerprint density at radius 3 is 2.35 bits per heavy atom.